The molecular formula is C29H35FO. The number of carbonyl (C=O) groups excluding carboxylic acids is 1. The van der Waals surface area contributed by atoms with Gasteiger partial charge in [0.15, 0.2) is 0 Å². The highest BCUT2D eigenvalue weighted by Crippen LogP contribution is 2.34. The molecule has 0 saturated heterocycles. The summed E-state index contributed by atoms with van der Waals surface area (Å²) in [5.74, 6) is 7.55. The number of aryl methyl sites for hydroxylation is 2. The van der Waals surface area contributed by atoms with Gasteiger partial charge in [-0.1, -0.05) is 81.9 Å². The fraction of sp³-hybridized carbons (Fsp3) is 0.483. The Bertz CT molecular complexity index is 879. The fourth-order valence-electron chi connectivity index (χ4n) is 4.61. The molecule has 2 heteroatoms. The zero-order chi connectivity index (χ0) is 21.9. The molecule has 1 aliphatic rings. The topological polar surface area (TPSA) is 17.1 Å². The Morgan fingerprint density at radius 3 is 2.23 bits per heavy atom. The van der Waals surface area contributed by atoms with Crippen molar-refractivity contribution in [3.8, 4) is 11.8 Å². The van der Waals surface area contributed by atoms with Crippen LogP contribution in [0.2, 0.25) is 0 Å². The lowest BCUT2D eigenvalue weighted by Gasteiger charge is -2.28. The van der Waals surface area contributed by atoms with E-state index in [1.165, 1.54) is 63.0 Å². The molecular weight excluding hydrogens is 383 g/mol. The number of rotatable bonds is 9. The van der Waals surface area contributed by atoms with Crippen molar-refractivity contribution in [3.05, 3.63) is 70.5 Å². The highest BCUT2D eigenvalue weighted by atomic mass is 19.1. The Labute approximate surface area is 187 Å². The number of benzene rings is 2. The quantitative estimate of drug-likeness (QED) is 0.309. The minimum absolute atomic E-state index is 0.322. The third-order valence-corrected chi connectivity index (χ3v) is 6.65. The SMILES string of the molecule is CCCCC1CCC(CCc2ccc(C#Cc3ccc(CCC=O)cc3F)cc2)CC1. The fourth-order valence-corrected chi connectivity index (χ4v) is 4.61. The summed E-state index contributed by atoms with van der Waals surface area (Å²) < 4.78 is 14.2. The highest BCUT2D eigenvalue weighted by Gasteiger charge is 2.20. The van der Waals surface area contributed by atoms with Crippen LogP contribution >= 0.6 is 0 Å². The van der Waals surface area contributed by atoms with Gasteiger partial charge in [-0.2, -0.15) is 0 Å². The maximum absolute atomic E-state index is 14.2. The summed E-state index contributed by atoms with van der Waals surface area (Å²) in [5.41, 5.74) is 3.50. The molecule has 1 aliphatic carbocycles. The van der Waals surface area contributed by atoms with Crippen LogP contribution in [0, 0.1) is 29.5 Å². The molecule has 0 spiro atoms. The van der Waals surface area contributed by atoms with Gasteiger partial charge in [0.25, 0.3) is 0 Å². The van der Waals surface area contributed by atoms with Gasteiger partial charge in [-0.05, 0) is 66.5 Å². The minimum atomic E-state index is -0.322. The van der Waals surface area contributed by atoms with Crippen molar-refractivity contribution in [2.45, 2.75) is 77.6 Å². The summed E-state index contributed by atoms with van der Waals surface area (Å²) in [7, 11) is 0. The van der Waals surface area contributed by atoms with E-state index in [9.17, 15) is 9.18 Å². The van der Waals surface area contributed by atoms with Crippen molar-refractivity contribution in [1.82, 2.24) is 0 Å². The maximum Gasteiger partial charge on any atom is 0.139 e. The monoisotopic (exact) mass is 418 g/mol. The Balaban J connectivity index is 1.47. The number of hydrogen-bond acceptors (Lipinski definition) is 1. The van der Waals surface area contributed by atoms with E-state index in [-0.39, 0.29) is 5.82 Å². The number of halogens is 1. The van der Waals surface area contributed by atoms with Crippen LogP contribution < -0.4 is 0 Å². The Kier molecular flexibility index (Phi) is 9.35. The van der Waals surface area contributed by atoms with Crippen molar-refractivity contribution in [2.75, 3.05) is 0 Å². The van der Waals surface area contributed by atoms with Crippen LogP contribution in [0.5, 0.6) is 0 Å². The molecule has 2 aromatic carbocycles. The van der Waals surface area contributed by atoms with E-state index in [4.69, 9.17) is 0 Å². The Hall–Kier alpha value is -2.40. The van der Waals surface area contributed by atoms with Crippen LogP contribution in [0.1, 0.15) is 87.0 Å². The lowest BCUT2D eigenvalue weighted by atomic mass is 9.78. The molecule has 1 fully saturated rings. The standard InChI is InChI=1S/C29H35FO/c1-2-3-5-23-7-9-24(10-8-23)11-12-25-13-15-26(16-14-25)17-19-28-20-18-27(6-4-21-31)22-29(28)30/h13-16,18,20-24H,2-12H2,1H3. The van der Waals surface area contributed by atoms with Crippen LogP contribution in [0.4, 0.5) is 4.39 Å². The molecule has 31 heavy (non-hydrogen) atoms. The molecule has 3 rings (SSSR count). The average molecular weight is 419 g/mol. The van der Waals surface area contributed by atoms with E-state index in [1.807, 2.05) is 18.2 Å². The average Bonchev–Trinajstić information content (AvgIpc) is 2.81. The number of unbranched alkanes of at least 4 members (excludes halogenated alkanes) is 1. The van der Waals surface area contributed by atoms with Crippen LogP contribution in [0.25, 0.3) is 0 Å². The van der Waals surface area contributed by atoms with Crippen molar-refractivity contribution in [1.29, 1.82) is 0 Å². The molecule has 2 aromatic rings. The second-order valence-corrected chi connectivity index (χ2v) is 9.03. The van der Waals surface area contributed by atoms with Crippen LogP contribution in [-0.4, -0.2) is 6.29 Å². The molecule has 164 valence electrons. The molecule has 0 N–H and O–H groups in total. The Morgan fingerprint density at radius 2 is 1.58 bits per heavy atom. The lowest BCUT2D eigenvalue weighted by molar-refractivity contribution is -0.107. The van der Waals surface area contributed by atoms with Crippen LogP contribution in [-0.2, 0) is 17.6 Å². The second-order valence-electron chi connectivity index (χ2n) is 9.03. The number of aldehydes is 1. The molecule has 1 saturated carbocycles. The van der Waals surface area contributed by atoms with Gasteiger partial charge in [-0.15, -0.1) is 0 Å². The summed E-state index contributed by atoms with van der Waals surface area (Å²) in [6.45, 7) is 2.29. The van der Waals surface area contributed by atoms with Crippen LogP contribution in [0.15, 0.2) is 42.5 Å². The largest absolute Gasteiger partial charge is 0.303 e. The summed E-state index contributed by atoms with van der Waals surface area (Å²) in [4.78, 5) is 10.5. The van der Waals surface area contributed by atoms with Crippen molar-refractivity contribution < 1.29 is 9.18 Å². The molecule has 0 unspecified atom stereocenters. The third kappa shape index (κ3) is 7.66. The highest BCUT2D eigenvalue weighted by molar-refractivity contribution is 5.50. The second kappa shape index (κ2) is 12.5. The predicted molar refractivity (Wildman–Crippen MR) is 127 cm³/mol. The lowest BCUT2D eigenvalue weighted by Crippen LogP contribution is -2.15. The first-order chi connectivity index (χ1) is 15.2. The molecule has 0 heterocycles. The van der Waals surface area contributed by atoms with Gasteiger partial charge in [0.05, 0.1) is 5.56 Å². The molecule has 0 bridgehead atoms. The zero-order valence-corrected chi connectivity index (χ0v) is 18.8. The maximum atomic E-state index is 14.2. The van der Waals surface area contributed by atoms with Gasteiger partial charge in [0.1, 0.15) is 12.1 Å². The molecule has 0 aromatic heterocycles. The smallest absolute Gasteiger partial charge is 0.139 e. The number of carbonyl (C=O) groups is 1. The van der Waals surface area contributed by atoms with Crippen molar-refractivity contribution in [3.63, 3.8) is 0 Å². The van der Waals surface area contributed by atoms with E-state index >= 15 is 0 Å². The van der Waals surface area contributed by atoms with Gasteiger partial charge >= 0.3 is 0 Å². The molecule has 0 atom stereocenters. The van der Waals surface area contributed by atoms with E-state index in [0.29, 0.717) is 18.4 Å². The first-order valence-corrected chi connectivity index (χ1v) is 12.0. The van der Waals surface area contributed by atoms with Gasteiger partial charge in [0.2, 0.25) is 0 Å². The molecule has 0 radical (unpaired) electrons. The minimum Gasteiger partial charge on any atom is -0.303 e. The third-order valence-electron chi connectivity index (χ3n) is 6.65. The summed E-state index contributed by atoms with van der Waals surface area (Å²) in [6.07, 6.45) is 14.0. The summed E-state index contributed by atoms with van der Waals surface area (Å²) in [6, 6.07) is 13.4. The van der Waals surface area contributed by atoms with Gasteiger partial charge < -0.3 is 4.79 Å². The van der Waals surface area contributed by atoms with Crippen molar-refractivity contribution >= 4 is 6.29 Å². The molecule has 1 nitrogen and oxygen atoms in total. The summed E-state index contributed by atoms with van der Waals surface area (Å²) >= 11 is 0. The Morgan fingerprint density at radius 1 is 0.903 bits per heavy atom. The van der Waals surface area contributed by atoms with E-state index in [1.54, 1.807) is 6.07 Å². The van der Waals surface area contributed by atoms with Crippen molar-refractivity contribution in [2.24, 2.45) is 11.8 Å². The molecule has 0 aliphatic heterocycles. The van der Waals surface area contributed by atoms with Gasteiger partial charge in [0, 0.05) is 12.0 Å². The van der Waals surface area contributed by atoms with E-state index < -0.39 is 0 Å². The predicted octanol–water partition coefficient (Wildman–Crippen LogP) is 7.29. The van der Waals surface area contributed by atoms with E-state index in [2.05, 4.69) is 30.9 Å². The van der Waals surface area contributed by atoms with Gasteiger partial charge in [-0.3, -0.25) is 0 Å². The van der Waals surface area contributed by atoms with E-state index in [0.717, 1.165) is 35.7 Å². The summed E-state index contributed by atoms with van der Waals surface area (Å²) in [5, 5.41) is 0. The normalized spacial score (nSPS) is 18.3. The first kappa shape index (κ1) is 23.3. The number of hydrogen-bond donors (Lipinski definition) is 0. The van der Waals surface area contributed by atoms with Crippen LogP contribution in [0.3, 0.4) is 0 Å². The van der Waals surface area contributed by atoms with Gasteiger partial charge in [-0.25, -0.2) is 4.39 Å². The first-order valence-electron chi connectivity index (χ1n) is 12.0. The zero-order valence-electron chi connectivity index (χ0n) is 18.8. The molecule has 0 amide bonds.